The highest BCUT2D eigenvalue weighted by Crippen LogP contribution is 2.21. The van der Waals surface area contributed by atoms with Crippen molar-refractivity contribution in [2.75, 3.05) is 31.9 Å². The molecule has 0 aliphatic carbocycles. The minimum atomic E-state index is -0.266. The van der Waals surface area contributed by atoms with Gasteiger partial charge in [0.05, 0.1) is 5.75 Å². The predicted octanol–water partition coefficient (Wildman–Crippen LogP) is 2.66. The van der Waals surface area contributed by atoms with Crippen LogP contribution in [0.25, 0.3) is 0 Å². The number of hydrogen-bond donors (Lipinski definition) is 0. The van der Waals surface area contributed by atoms with E-state index in [-0.39, 0.29) is 17.5 Å². The van der Waals surface area contributed by atoms with Crippen molar-refractivity contribution in [3.8, 4) is 0 Å². The lowest BCUT2D eigenvalue weighted by Gasteiger charge is -2.34. The molecule has 0 unspecified atom stereocenters. The molecular formula is C18H20FN3OS. The molecule has 1 aromatic heterocycles. The van der Waals surface area contributed by atoms with Crippen LogP contribution in [0, 0.1) is 5.82 Å². The first-order chi connectivity index (χ1) is 11.7. The van der Waals surface area contributed by atoms with Gasteiger partial charge in [-0.15, -0.1) is 11.8 Å². The quantitative estimate of drug-likeness (QED) is 0.781. The molecule has 6 heteroatoms. The van der Waals surface area contributed by atoms with Crippen LogP contribution in [0.4, 0.5) is 4.39 Å². The number of nitrogens with zero attached hydrogens (tertiary/aromatic N) is 3. The lowest BCUT2D eigenvalue weighted by atomic mass is 10.2. The Morgan fingerprint density at radius 3 is 2.50 bits per heavy atom. The van der Waals surface area contributed by atoms with Crippen LogP contribution in [0.15, 0.2) is 53.7 Å². The summed E-state index contributed by atoms with van der Waals surface area (Å²) in [5.74, 6) is 0.0925. The number of benzene rings is 1. The molecule has 2 heterocycles. The maximum absolute atomic E-state index is 13.6. The van der Waals surface area contributed by atoms with E-state index in [1.807, 2.05) is 17.0 Å². The molecule has 4 nitrogen and oxygen atoms in total. The zero-order valence-electron chi connectivity index (χ0n) is 13.4. The molecule has 0 spiro atoms. The molecule has 0 N–H and O–H groups in total. The SMILES string of the molecule is O=C(CSc1ccccc1F)N1CCN(Cc2ccncc2)CC1. The summed E-state index contributed by atoms with van der Waals surface area (Å²) in [6.07, 6.45) is 3.60. The number of thioether (sulfide) groups is 1. The molecule has 1 aliphatic heterocycles. The summed E-state index contributed by atoms with van der Waals surface area (Å²) in [6, 6.07) is 10.6. The van der Waals surface area contributed by atoms with E-state index in [4.69, 9.17) is 0 Å². The van der Waals surface area contributed by atoms with E-state index in [1.54, 1.807) is 30.6 Å². The summed E-state index contributed by atoms with van der Waals surface area (Å²) in [4.78, 5) is 21.1. The first-order valence-corrected chi connectivity index (χ1v) is 8.97. The van der Waals surface area contributed by atoms with Gasteiger partial charge >= 0.3 is 0 Å². The second-order valence-corrected chi connectivity index (χ2v) is 6.75. The molecule has 1 amide bonds. The van der Waals surface area contributed by atoms with Crippen LogP contribution >= 0.6 is 11.8 Å². The van der Waals surface area contributed by atoms with E-state index in [9.17, 15) is 9.18 Å². The van der Waals surface area contributed by atoms with E-state index < -0.39 is 0 Å². The van der Waals surface area contributed by atoms with Gasteiger partial charge in [-0.3, -0.25) is 14.7 Å². The van der Waals surface area contributed by atoms with Crippen molar-refractivity contribution < 1.29 is 9.18 Å². The minimum Gasteiger partial charge on any atom is -0.339 e. The molecule has 3 rings (SSSR count). The maximum atomic E-state index is 13.6. The highest BCUT2D eigenvalue weighted by atomic mass is 32.2. The van der Waals surface area contributed by atoms with Gasteiger partial charge in [0.1, 0.15) is 5.82 Å². The second kappa shape index (κ2) is 8.26. The Hall–Kier alpha value is -1.92. The van der Waals surface area contributed by atoms with Crippen LogP contribution in [-0.2, 0) is 11.3 Å². The van der Waals surface area contributed by atoms with Crippen LogP contribution in [0.2, 0.25) is 0 Å². The van der Waals surface area contributed by atoms with Crippen molar-refractivity contribution in [1.82, 2.24) is 14.8 Å². The number of rotatable bonds is 5. The molecule has 1 aliphatic rings. The minimum absolute atomic E-state index is 0.0758. The van der Waals surface area contributed by atoms with Crippen LogP contribution in [0.1, 0.15) is 5.56 Å². The zero-order valence-corrected chi connectivity index (χ0v) is 14.2. The third-order valence-electron chi connectivity index (χ3n) is 4.07. The zero-order chi connectivity index (χ0) is 16.8. The maximum Gasteiger partial charge on any atom is 0.233 e. The Morgan fingerprint density at radius 1 is 1.08 bits per heavy atom. The standard InChI is InChI=1S/C18H20FN3OS/c19-16-3-1-2-4-17(16)24-14-18(23)22-11-9-21(10-12-22)13-15-5-7-20-8-6-15/h1-8H,9-14H2. The number of carbonyl (C=O) groups excluding carboxylic acids is 1. The molecule has 1 saturated heterocycles. The number of hydrogen-bond acceptors (Lipinski definition) is 4. The number of carbonyl (C=O) groups is 1. The molecule has 1 fully saturated rings. The molecule has 126 valence electrons. The molecule has 0 atom stereocenters. The highest BCUT2D eigenvalue weighted by Gasteiger charge is 2.21. The van der Waals surface area contributed by atoms with Gasteiger partial charge in [0, 0.05) is 50.0 Å². The monoisotopic (exact) mass is 345 g/mol. The van der Waals surface area contributed by atoms with Gasteiger partial charge in [0.15, 0.2) is 0 Å². The Kier molecular flexibility index (Phi) is 5.82. The normalized spacial score (nSPS) is 15.5. The molecule has 0 radical (unpaired) electrons. The van der Waals surface area contributed by atoms with Gasteiger partial charge in [-0.25, -0.2) is 4.39 Å². The fourth-order valence-corrected chi connectivity index (χ4v) is 3.54. The van der Waals surface area contributed by atoms with Gasteiger partial charge in [0.25, 0.3) is 0 Å². The van der Waals surface area contributed by atoms with Crippen molar-refractivity contribution in [3.63, 3.8) is 0 Å². The third kappa shape index (κ3) is 4.55. The lowest BCUT2D eigenvalue weighted by molar-refractivity contribution is -0.130. The van der Waals surface area contributed by atoms with E-state index in [1.165, 1.54) is 23.4 Å². The van der Waals surface area contributed by atoms with Crippen molar-refractivity contribution in [2.24, 2.45) is 0 Å². The Morgan fingerprint density at radius 2 is 1.79 bits per heavy atom. The Labute approximate surface area is 145 Å². The van der Waals surface area contributed by atoms with Crippen molar-refractivity contribution >= 4 is 17.7 Å². The largest absolute Gasteiger partial charge is 0.339 e. The molecule has 0 saturated carbocycles. The number of halogens is 1. The lowest BCUT2D eigenvalue weighted by Crippen LogP contribution is -2.48. The van der Waals surface area contributed by atoms with Gasteiger partial charge in [0.2, 0.25) is 5.91 Å². The van der Waals surface area contributed by atoms with Gasteiger partial charge in [-0.05, 0) is 29.8 Å². The second-order valence-electron chi connectivity index (χ2n) is 5.73. The number of aromatic nitrogens is 1. The number of amides is 1. The summed E-state index contributed by atoms with van der Waals surface area (Å²) in [5.41, 5.74) is 1.24. The first-order valence-electron chi connectivity index (χ1n) is 7.99. The van der Waals surface area contributed by atoms with Crippen LogP contribution < -0.4 is 0 Å². The predicted molar refractivity (Wildman–Crippen MR) is 93.2 cm³/mol. The third-order valence-corrected chi connectivity index (χ3v) is 5.10. The topological polar surface area (TPSA) is 36.4 Å². The van der Waals surface area contributed by atoms with E-state index in [0.29, 0.717) is 4.90 Å². The van der Waals surface area contributed by atoms with E-state index in [2.05, 4.69) is 9.88 Å². The summed E-state index contributed by atoms with van der Waals surface area (Å²) >= 11 is 1.27. The van der Waals surface area contributed by atoms with E-state index in [0.717, 1.165) is 32.7 Å². The van der Waals surface area contributed by atoms with Crippen LogP contribution in [0.3, 0.4) is 0 Å². The molecule has 2 aromatic rings. The van der Waals surface area contributed by atoms with Crippen LogP contribution in [-0.4, -0.2) is 52.6 Å². The fourth-order valence-electron chi connectivity index (χ4n) is 2.69. The number of pyridine rings is 1. The van der Waals surface area contributed by atoms with Gasteiger partial charge < -0.3 is 4.90 Å². The highest BCUT2D eigenvalue weighted by molar-refractivity contribution is 8.00. The number of piperazine rings is 1. The Bertz CT molecular complexity index is 675. The molecule has 1 aromatic carbocycles. The summed E-state index contributed by atoms with van der Waals surface area (Å²) in [5, 5.41) is 0. The molecule has 0 bridgehead atoms. The van der Waals surface area contributed by atoms with Crippen molar-refractivity contribution in [1.29, 1.82) is 0 Å². The smallest absolute Gasteiger partial charge is 0.233 e. The summed E-state index contributed by atoms with van der Waals surface area (Å²) < 4.78 is 13.6. The fraction of sp³-hybridized carbons (Fsp3) is 0.333. The summed E-state index contributed by atoms with van der Waals surface area (Å²) in [6.45, 7) is 4.05. The molecule has 24 heavy (non-hydrogen) atoms. The molecular weight excluding hydrogens is 325 g/mol. The average Bonchev–Trinajstić information content (AvgIpc) is 2.62. The Balaban J connectivity index is 1.44. The average molecular weight is 345 g/mol. The van der Waals surface area contributed by atoms with Gasteiger partial charge in [-0.1, -0.05) is 12.1 Å². The van der Waals surface area contributed by atoms with E-state index >= 15 is 0 Å². The van der Waals surface area contributed by atoms with Gasteiger partial charge in [-0.2, -0.15) is 0 Å². The van der Waals surface area contributed by atoms with Crippen LogP contribution in [0.5, 0.6) is 0 Å². The summed E-state index contributed by atoms with van der Waals surface area (Å²) in [7, 11) is 0. The van der Waals surface area contributed by atoms with Crippen molar-refractivity contribution in [2.45, 2.75) is 11.4 Å². The first kappa shape index (κ1) is 16.9. The van der Waals surface area contributed by atoms with Crippen molar-refractivity contribution in [3.05, 3.63) is 60.2 Å².